The van der Waals surface area contributed by atoms with Gasteiger partial charge in [0, 0.05) is 38.5 Å². The van der Waals surface area contributed by atoms with Gasteiger partial charge >= 0.3 is 5.97 Å². The number of hydrogen-bond acceptors (Lipinski definition) is 3. The van der Waals surface area contributed by atoms with Crippen LogP contribution in [0, 0.1) is 11.3 Å². The monoisotopic (exact) mass is 226 g/mol. The van der Waals surface area contributed by atoms with Gasteiger partial charge in [0.1, 0.15) is 0 Å². The van der Waals surface area contributed by atoms with E-state index in [0.717, 1.165) is 19.4 Å². The summed E-state index contributed by atoms with van der Waals surface area (Å²) in [4.78, 5) is 24.2. The Morgan fingerprint density at radius 2 is 2.00 bits per heavy atom. The van der Waals surface area contributed by atoms with Crippen LogP contribution in [0.15, 0.2) is 0 Å². The van der Waals surface area contributed by atoms with Crippen LogP contribution in [-0.4, -0.2) is 48.1 Å². The third-order valence-corrected chi connectivity index (χ3v) is 4.07. The molecule has 2 fully saturated rings. The zero-order valence-electron chi connectivity index (χ0n) is 9.53. The molecule has 1 unspecified atom stereocenters. The number of carbonyl (C=O) groups is 2. The highest BCUT2D eigenvalue weighted by atomic mass is 16.4. The summed E-state index contributed by atoms with van der Waals surface area (Å²) in [5.74, 6) is -0.907. The first-order valence-corrected chi connectivity index (χ1v) is 5.74. The normalized spacial score (nSPS) is 28.3. The predicted molar refractivity (Wildman–Crippen MR) is 57.9 cm³/mol. The predicted octanol–water partition coefficient (Wildman–Crippen LogP) is -0.0809. The van der Waals surface area contributed by atoms with E-state index in [1.54, 1.807) is 6.92 Å². The van der Waals surface area contributed by atoms with E-state index < -0.39 is 5.97 Å². The van der Waals surface area contributed by atoms with Crippen molar-refractivity contribution in [2.45, 2.75) is 19.8 Å². The van der Waals surface area contributed by atoms with Gasteiger partial charge in [0.25, 0.3) is 0 Å². The van der Waals surface area contributed by atoms with Gasteiger partial charge in [0.05, 0.1) is 5.92 Å². The van der Waals surface area contributed by atoms with Crippen molar-refractivity contribution in [3.63, 3.8) is 0 Å². The highest BCUT2D eigenvalue weighted by Crippen LogP contribution is 2.41. The summed E-state index contributed by atoms with van der Waals surface area (Å²) >= 11 is 0. The highest BCUT2D eigenvalue weighted by molar-refractivity contribution is 5.74. The maximum Gasteiger partial charge on any atom is 0.308 e. The van der Waals surface area contributed by atoms with Gasteiger partial charge in [-0.15, -0.1) is 0 Å². The van der Waals surface area contributed by atoms with E-state index in [9.17, 15) is 14.7 Å². The van der Waals surface area contributed by atoms with Crippen molar-refractivity contribution in [1.82, 2.24) is 10.2 Å². The van der Waals surface area contributed by atoms with E-state index in [4.69, 9.17) is 0 Å². The van der Waals surface area contributed by atoms with E-state index in [2.05, 4.69) is 5.32 Å². The van der Waals surface area contributed by atoms with Crippen molar-refractivity contribution >= 4 is 11.9 Å². The summed E-state index contributed by atoms with van der Waals surface area (Å²) in [5, 5.41) is 12.4. The molecule has 0 aromatic carbocycles. The maximum atomic E-state index is 11.2. The first-order chi connectivity index (χ1) is 7.55. The molecular weight excluding hydrogens is 208 g/mol. The fourth-order valence-corrected chi connectivity index (χ4v) is 2.95. The van der Waals surface area contributed by atoms with E-state index in [1.165, 1.54) is 0 Å². The number of likely N-dealkylation sites (tertiary alicyclic amines) is 1. The molecule has 0 bridgehead atoms. The zero-order chi connectivity index (χ0) is 11.8. The minimum absolute atomic E-state index is 0.0904. The van der Waals surface area contributed by atoms with Gasteiger partial charge in [-0.25, -0.2) is 0 Å². The second-order valence-corrected chi connectivity index (χ2v) is 4.89. The molecule has 0 aromatic heterocycles. The average Bonchev–Trinajstić information content (AvgIpc) is 2.62. The molecule has 0 aromatic rings. The van der Waals surface area contributed by atoms with Crippen molar-refractivity contribution in [2.75, 3.05) is 26.2 Å². The molecule has 16 heavy (non-hydrogen) atoms. The Bertz CT molecular complexity index is 308. The van der Waals surface area contributed by atoms with Crippen LogP contribution in [0.1, 0.15) is 19.8 Å². The summed E-state index contributed by atoms with van der Waals surface area (Å²) in [6.45, 7) is 4.30. The fraction of sp³-hybridized carbons (Fsp3) is 0.818. The fourth-order valence-electron chi connectivity index (χ4n) is 2.95. The lowest BCUT2D eigenvalue weighted by Gasteiger charge is -2.40. The van der Waals surface area contributed by atoms with Crippen LogP contribution in [0.25, 0.3) is 0 Å². The quantitative estimate of drug-likeness (QED) is 0.656. The van der Waals surface area contributed by atoms with Crippen LogP contribution in [0.5, 0.6) is 0 Å². The van der Waals surface area contributed by atoms with Crippen molar-refractivity contribution in [1.29, 1.82) is 0 Å². The Hall–Kier alpha value is -1.10. The van der Waals surface area contributed by atoms with Crippen LogP contribution in [0.4, 0.5) is 0 Å². The lowest BCUT2D eigenvalue weighted by Crippen LogP contribution is -2.47. The van der Waals surface area contributed by atoms with Crippen LogP contribution >= 0.6 is 0 Å². The van der Waals surface area contributed by atoms with Gasteiger partial charge in [-0.05, 0) is 12.8 Å². The molecule has 2 aliphatic heterocycles. The summed E-state index contributed by atoms with van der Waals surface area (Å²) in [6, 6.07) is 0. The van der Waals surface area contributed by atoms with Crippen molar-refractivity contribution in [3.05, 3.63) is 0 Å². The molecule has 2 N–H and O–H groups in total. The largest absolute Gasteiger partial charge is 0.481 e. The first kappa shape index (κ1) is 11.4. The van der Waals surface area contributed by atoms with Crippen LogP contribution in [0.3, 0.4) is 0 Å². The lowest BCUT2D eigenvalue weighted by atomic mass is 9.71. The molecule has 90 valence electrons. The summed E-state index contributed by atoms with van der Waals surface area (Å²) in [5.41, 5.74) is -0.127. The Labute approximate surface area is 94.8 Å². The first-order valence-electron chi connectivity index (χ1n) is 5.74. The van der Waals surface area contributed by atoms with Gasteiger partial charge in [0.2, 0.25) is 5.91 Å². The number of carboxylic acid groups (broad SMARTS) is 1. The molecule has 2 saturated heterocycles. The number of rotatable bonds is 1. The Morgan fingerprint density at radius 1 is 1.38 bits per heavy atom. The minimum Gasteiger partial charge on any atom is -0.481 e. The standard InChI is InChI=1S/C11H18N2O3/c1-8(14)13-4-2-11(3-5-13)7-12-6-9(11)10(15)16/h9,12H,2-7H2,1H3,(H,15,16). The molecule has 2 aliphatic rings. The van der Waals surface area contributed by atoms with E-state index in [0.29, 0.717) is 19.6 Å². The number of aliphatic carboxylic acids is 1. The molecule has 5 heteroatoms. The molecule has 5 nitrogen and oxygen atoms in total. The topological polar surface area (TPSA) is 69.6 Å². The Morgan fingerprint density at radius 3 is 2.50 bits per heavy atom. The van der Waals surface area contributed by atoms with E-state index >= 15 is 0 Å². The number of carboxylic acids is 1. The summed E-state index contributed by atoms with van der Waals surface area (Å²) in [7, 11) is 0. The smallest absolute Gasteiger partial charge is 0.308 e. The number of amides is 1. The van der Waals surface area contributed by atoms with Gasteiger partial charge in [-0.2, -0.15) is 0 Å². The molecule has 1 atom stereocenters. The third-order valence-electron chi connectivity index (χ3n) is 4.07. The van der Waals surface area contributed by atoms with Gasteiger partial charge in [0.15, 0.2) is 0 Å². The van der Waals surface area contributed by atoms with Crippen LogP contribution in [-0.2, 0) is 9.59 Å². The molecule has 0 saturated carbocycles. The second-order valence-electron chi connectivity index (χ2n) is 4.89. The highest BCUT2D eigenvalue weighted by Gasteiger charge is 2.48. The van der Waals surface area contributed by atoms with Gasteiger partial charge in [-0.3, -0.25) is 9.59 Å². The summed E-state index contributed by atoms with van der Waals surface area (Å²) < 4.78 is 0. The van der Waals surface area contributed by atoms with Crippen molar-refractivity contribution in [3.8, 4) is 0 Å². The third kappa shape index (κ3) is 1.80. The molecule has 0 aliphatic carbocycles. The second kappa shape index (κ2) is 4.05. The van der Waals surface area contributed by atoms with E-state index in [-0.39, 0.29) is 17.2 Å². The van der Waals surface area contributed by atoms with Crippen LogP contribution < -0.4 is 5.32 Å². The molecule has 1 spiro atoms. The van der Waals surface area contributed by atoms with Gasteiger partial charge < -0.3 is 15.3 Å². The van der Waals surface area contributed by atoms with Crippen LogP contribution in [0.2, 0.25) is 0 Å². The summed E-state index contributed by atoms with van der Waals surface area (Å²) in [6.07, 6.45) is 1.60. The Balaban J connectivity index is 2.05. The number of nitrogens with one attached hydrogen (secondary N) is 1. The number of carbonyl (C=O) groups excluding carboxylic acids is 1. The number of hydrogen-bond donors (Lipinski definition) is 2. The molecule has 1 amide bonds. The SMILES string of the molecule is CC(=O)N1CCC2(CC1)CNCC2C(=O)O. The number of nitrogens with zero attached hydrogens (tertiary/aromatic N) is 1. The zero-order valence-corrected chi connectivity index (χ0v) is 9.53. The molecular formula is C11H18N2O3. The lowest BCUT2D eigenvalue weighted by molar-refractivity contribution is -0.146. The maximum absolute atomic E-state index is 11.2. The molecule has 0 radical (unpaired) electrons. The minimum atomic E-state index is -0.707. The molecule has 2 rings (SSSR count). The number of piperidine rings is 1. The average molecular weight is 226 g/mol. The molecule has 2 heterocycles. The van der Waals surface area contributed by atoms with Crippen molar-refractivity contribution in [2.24, 2.45) is 11.3 Å². The van der Waals surface area contributed by atoms with Crippen molar-refractivity contribution < 1.29 is 14.7 Å². The van der Waals surface area contributed by atoms with Gasteiger partial charge in [-0.1, -0.05) is 0 Å². The van der Waals surface area contributed by atoms with E-state index in [1.807, 2.05) is 4.90 Å². The Kier molecular flexibility index (Phi) is 2.88.